The minimum absolute atomic E-state index is 0.00395. The number of rotatable bonds is 6. The van der Waals surface area contributed by atoms with Gasteiger partial charge in [0, 0.05) is 13.0 Å². The number of carboxylic acids is 1. The van der Waals surface area contributed by atoms with E-state index in [2.05, 4.69) is 5.32 Å². The summed E-state index contributed by atoms with van der Waals surface area (Å²) < 4.78 is 5.05. The second kappa shape index (κ2) is 6.19. The van der Waals surface area contributed by atoms with Crippen LogP contribution < -0.4 is 11.1 Å². The molecule has 96 valence electrons. The van der Waals surface area contributed by atoms with Gasteiger partial charge in [-0.15, -0.1) is 0 Å². The average Bonchev–Trinajstić information content (AvgIpc) is 2.76. The first-order valence-electron chi connectivity index (χ1n) is 5.40. The quantitative estimate of drug-likeness (QED) is 0.545. The molecule has 1 aliphatic heterocycles. The van der Waals surface area contributed by atoms with Crippen LogP contribution in [0.3, 0.4) is 0 Å². The first-order valence-corrected chi connectivity index (χ1v) is 5.40. The number of nitrogens with one attached hydrogen (secondary N) is 1. The summed E-state index contributed by atoms with van der Waals surface area (Å²) in [5, 5.41) is 11.0. The van der Waals surface area contributed by atoms with E-state index in [0.29, 0.717) is 19.6 Å². The number of primary amides is 1. The third-order valence-electron chi connectivity index (χ3n) is 2.61. The molecule has 1 rings (SSSR count). The second-order valence-electron chi connectivity index (χ2n) is 3.96. The van der Waals surface area contributed by atoms with Gasteiger partial charge < -0.3 is 20.9 Å². The molecule has 1 heterocycles. The predicted octanol–water partition coefficient (Wildman–Crippen LogP) is -1.14. The van der Waals surface area contributed by atoms with E-state index >= 15 is 0 Å². The van der Waals surface area contributed by atoms with Gasteiger partial charge in [0.15, 0.2) is 0 Å². The van der Waals surface area contributed by atoms with Crippen molar-refractivity contribution in [2.45, 2.75) is 25.3 Å². The zero-order valence-corrected chi connectivity index (χ0v) is 9.35. The van der Waals surface area contributed by atoms with Crippen molar-refractivity contribution in [2.75, 3.05) is 13.2 Å². The van der Waals surface area contributed by atoms with Gasteiger partial charge in [0.05, 0.1) is 12.5 Å². The molecule has 7 nitrogen and oxygen atoms in total. The van der Waals surface area contributed by atoms with Gasteiger partial charge >= 0.3 is 5.97 Å². The van der Waals surface area contributed by atoms with Crippen LogP contribution in [0.25, 0.3) is 0 Å². The van der Waals surface area contributed by atoms with Crippen molar-refractivity contribution in [3.05, 3.63) is 0 Å². The fourth-order valence-corrected chi connectivity index (χ4v) is 1.58. The van der Waals surface area contributed by atoms with Crippen molar-refractivity contribution in [1.82, 2.24) is 5.32 Å². The van der Waals surface area contributed by atoms with E-state index in [9.17, 15) is 14.4 Å². The molecule has 2 amide bonds. The molecule has 2 atom stereocenters. The molecule has 1 aliphatic rings. The highest BCUT2D eigenvalue weighted by Crippen LogP contribution is 2.12. The van der Waals surface area contributed by atoms with E-state index in [-0.39, 0.29) is 24.7 Å². The molecule has 4 N–H and O–H groups in total. The summed E-state index contributed by atoms with van der Waals surface area (Å²) >= 11 is 0. The summed E-state index contributed by atoms with van der Waals surface area (Å²) in [6.07, 6.45) is 0.398. The van der Waals surface area contributed by atoms with Crippen LogP contribution in [0.5, 0.6) is 0 Å². The molecule has 7 heteroatoms. The van der Waals surface area contributed by atoms with Gasteiger partial charge in [-0.1, -0.05) is 0 Å². The van der Waals surface area contributed by atoms with E-state index in [0.717, 1.165) is 0 Å². The van der Waals surface area contributed by atoms with Crippen LogP contribution in [0.15, 0.2) is 0 Å². The smallest absolute Gasteiger partial charge is 0.303 e. The van der Waals surface area contributed by atoms with Gasteiger partial charge in [-0.25, -0.2) is 0 Å². The minimum Gasteiger partial charge on any atom is -0.481 e. The summed E-state index contributed by atoms with van der Waals surface area (Å²) in [6, 6.07) is -0.931. The molecule has 0 unspecified atom stereocenters. The third kappa shape index (κ3) is 4.39. The fourth-order valence-electron chi connectivity index (χ4n) is 1.58. The van der Waals surface area contributed by atoms with Crippen LogP contribution in [0, 0.1) is 5.92 Å². The second-order valence-corrected chi connectivity index (χ2v) is 3.96. The van der Waals surface area contributed by atoms with Crippen LogP contribution in [-0.4, -0.2) is 42.1 Å². The highest BCUT2D eigenvalue weighted by atomic mass is 16.5. The van der Waals surface area contributed by atoms with Gasteiger partial charge in [-0.3, -0.25) is 14.4 Å². The topological polar surface area (TPSA) is 119 Å². The molecule has 0 aromatic heterocycles. The fraction of sp³-hybridized carbons (Fsp3) is 0.700. The Balaban J connectivity index is 2.44. The maximum atomic E-state index is 11.7. The highest BCUT2D eigenvalue weighted by molar-refractivity contribution is 5.88. The van der Waals surface area contributed by atoms with Gasteiger partial charge in [0.25, 0.3) is 0 Å². The maximum absolute atomic E-state index is 11.7. The summed E-state index contributed by atoms with van der Waals surface area (Å²) in [7, 11) is 0. The third-order valence-corrected chi connectivity index (χ3v) is 2.61. The lowest BCUT2D eigenvalue weighted by Gasteiger charge is -2.16. The van der Waals surface area contributed by atoms with E-state index in [1.54, 1.807) is 0 Å². The van der Waals surface area contributed by atoms with E-state index in [4.69, 9.17) is 15.6 Å². The Kier molecular flexibility index (Phi) is 4.89. The number of nitrogens with two attached hydrogens (primary N) is 1. The number of hydrogen-bond donors (Lipinski definition) is 3. The first kappa shape index (κ1) is 13.4. The largest absolute Gasteiger partial charge is 0.481 e. The number of hydrogen-bond acceptors (Lipinski definition) is 4. The molecule has 0 aliphatic carbocycles. The number of ether oxygens (including phenoxy) is 1. The van der Waals surface area contributed by atoms with Crippen LogP contribution in [0.1, 0.15) is 19.3 Å². The number of aliphatic carboxylic acids is 1. The van der Waals surface area contributed by atoms with Crippen LogP contribution >= 0.6 is 0 Å². The van der Waals surface area contributed by atoms with Crippen LogP contribution in [0.2, 0.25) is 0 Å². The van der Waals surface area contributed by atoms with Crippen molar-refractivity contribution in [3.8, 4) is 0 Å². The number of amides is 2. The summed E-state index contributed by atoms with van der Waals surface area (Å²) in [5.74, 6) is -2.34. The van der Waals surface area contributed by atoms with Gasteiger partial charge in [0.2, 0.25) is 11.8 Å². The van der Waals surface area contributed by atoms with Gasteiger partial charge in [-0.2, -0.15) is 0 Å². The number of carboxylic acid groups (broad SMARTS) is 1. The molecular formula is C10H16N2O5. The number of carbonyl (C=O) groups is 3. The molecule has 0 bridgehead atoms. The molecular weight excluding hydrogens is 228 g/mol. The standard InChI is InChI=1S/C10H16N2O5/c11-9(15)7(1-2-8(13)14)12-10(16)6-3-4-17-5-6/h6-7H,1-5H2,(H2,11,15)(H,12,16)(H,13,14)/t6-,7-/m0/s1. The van der Waals surface area contributed by atoms with Crippen LogP contribution in [0.4, 0.5) is 0 Å². The highest BCUT2D eigenvalue weighted by Gasteiger charge is 2.27. The molecule has 1 fully saturated rings. The van der Waals surface area contributed by atoms with Crippen molar-refractivity contribution >= 4 is 17.8 Å². The van der Waals surface area contributed by atoms with E-state index < -0.39 is 17.9 Å². The predicted molar refractivity (Wildman–Crippen MR) is 56.9 cm³/mol. The zero-order chi connectivity index (χ0) is 12.8. The van der Waals surface area contributed by atoms with E-state index in [1.807, 2.05) is 0 Å². The lowest BCUT2D eigenvalue weighted by Crippen LogP contribution is -2.47. The zero-order valence-electron chi connectivity index (χ0n) is 9.35. The van der Waals surface area contributed by atoms with Gasteiger partial charge in [0.1, 0.15) is 6.04 Å². The van der Waals surface area contributed by atoms with Gasteiger partial charge in [-0.05, 0) is 12.8 Å². The maximum Gasteiger partial charge on any atom is 0.303 e. The molecule has 1 saturated heterocycles. The molecule has 0 aromatic rings. The Hall–Kier alpha value is -1.63. The lowest BCUT2D eigenvalue weighted by molar-refractivity contribution is -0.138. The van der Waals surface area contributed by atoms with Crippen LogP contribution in [-0.2, 0) is 19.1 Å². The first-order chi connectivity index (χ1) is 8.00. The van der Waals surface area contributed by atoms with Crippen molar-refractivity contribution in [1.29, 1.82) is 0 Å². The monoisotopic (exact) mass is 244 g/mol. The van der Waals surface area contributed by atoms with Crippen molar-refractivity contribution < 1.29 is 24.2 Å². The Morgan fingerprint density at radius 2 is 2.18 bits per heavy atom. The molecule has 0 aromatic carbocycles. The lowest BCUT2D eigenvalue weighted by atomic mass is 10.1. The normalized spacial score (nSPS) is 20.8. The summed E-state index contributed by atoms with van der Waals surface area (Å²) in [5.41, 5.74) is 5.09. The molecule has 0 spiro atoms. The summed E-state index contributed by atoms with van der Waals surface area (Å²) in [4.78, 5) is 33.1. The molecule has 0 saturated carbocycles. The van der Waals surface area contributed by atoms with Crippen molar-refractivity contribution in [2.24, 2.45) is 11.7 Å². The SMILES string of the molecule is NC(=O)[C@H](CCC(=O)O)NC(=O)[C@H]1CCOC1. The Bertz CT molecular complexity index is 312. The summed E-state index contributed by atoms with van der Waals surface area (Å²) in [6.45, 7) is 0.852. The minimum atomic E-state index is -1.03. The Labute approximate surface area is 98.3 Å². The molecule has 17 heavy (non-hydrogen) atoms. The van der Waals surface area contributed by atoms with Crippen molar-refractivity contribution in [3.63, 3.8) is 0 Å². The Morgan fingerprint density at radius 3 is 2.65 bits per heavy atom. The average molecular weight is 244 g/mol. The van der Waals surface area contributed by atoms with E-state index in [1.165, 1.54) is 0 Å². The Morgan fingerprint density at radius 1 is 1.47 bits per heavy atom. The molecule has 0 radical (unpaired) electrons. The number of carbonyl (C=O) groups excluding carboxylic acids is 2.